The molecule has 4 N–H and O–H groups in total. The molecule has 4 rings (SSSR count). The van der Waals surface area contributed by atoms with E-state index in [-0.39, 0.29) is 5.69 Å². The van der Waals surface area contributed by atoms with Gasteiger partial charge >= 0.3 is 0 Å². The normalized spacial score (nSPS) is 10.8. The van der Waals surface area contributed by atoms with Crippen LogP contribution in [0.2, 0.25) is 0 Å². The van der Waals surface area contributed by atoms with E-state index in [9.17, 15) is 9.59 Å². The number of hydrogen-bond acceptors (Lipinski definition) is 8. The molecule has 0 saturated carbocycles. The molecule has 0 unspecified atom stereocenters. The van der Waals surface area contributed by atoms with Crippen LogP contribution < -0.4 is 21.1 Å². The highest BCUT2D eigenvalue weighted by Crippen LogP contribution is 2.37. The molecule has 0 aliphatic heterocycles. The molecule has 3 heterocycles. The smallest absolute Gasteiger partial charge is 0.269 e. The topological polar surface area (TPSA) is 137 Å². The fraction of sp³-hybridized carbons (Fsp3) is 0.174. The summed E-state index contributed by atoms with van der Waals surface area (Å²) in [4.78, 5) is 31.9. The van der Waals surface area contributed by atoms with E-state index in [0.717, 1.165) is 11.8 Å². The second-order valence-electron chi connectivity index (χ2n) is 7.16. The number of hydrogen-bond donors (Lipinski definition) is 3. The first-order valence-electron chi connectivity index (χ1n) is 10.3. The number of benzene rings is 1. The first-order valence-corrected chi connectivity index (χ1v) is 10.3. The van der Waals surface area contributed by atoms with E-state index in [4.69, 9.17) is 10.5 Å². The fourth-order valence-corrected chi connectivity index (χ4v) is 3.63. The second kappa shape index (κ2) is 8.95. The molecule has 10 nitrogen and oxygen atoms in total. The lowest BCUT2D eigenvalue weighted by Gasteiger charge is -2.15. The summed E-state index contributed by atoms with van der Waals surface area (Å²) in [5.74, 6) is 0.399. The lowest BCUT2D eigenvalue weighted by molar-refractivity contribution is 0.0992. The minimum atomic E-state index is -0.601. The van der Waals surface area contributed by atoms with Crippen LogP contribution in [-0.4, -0.2) is 45.9 Å². The quantitative estimate of drug-likeness (QED) is 0.352. The zero-order valence-electron chi connectivity index (χ0n) is 18.4. The summed E-state index contributed by atoms with van der Waals surface area (Å²) in [7, 11) is 3.33. The number of nitrogens with zero attached hydrogens (tertiary/aromatic N) is 4. The van der Waals surface area contributed by atoms with Gasteiger partial charge in [-0.2, -0.15) is 0 Å². The van der Waals surface area contributed by atoms with Gasteiger partial charge in [-0.05, 0) is 30.7 Å². The Balaban J connectivity index is 1.81. The highest BCUT2D eigenvalue weighted by atomic mass is 16.5. The van der Waals surface area contributed by atoms with Crippen molar-refractivity contribution >= 4 is 35.0 Å². The number of aryl methyl sites for hydroxylation is 1. The zero-order chi connectivity index (χ0) is 23.5. The van der Waals surface area contributed by atoms with E-state index in [0.29, 0.717) is 52.0 Å². The van der Waals surface area contributed by atoms with Gasteiger partial charge in [-0.1, -0.05) is 13.0 Å². The molecule has 4 aromatic rings. The Morgan fingerprint density at radius 3 is 2.67 bits per heavy atom. The van der Waals surface area contributed by atoms with Gasteiger partial charge in [0, 0.05) is 30.4 Å². The third-order valence-electron chi connectivity index (χ3n) is 5.17. The van der Waals surface area contributed by atoms with E-state index >= 15 is 0 Å². The number of para-hydroxylation sites is 1. The molecule has 1 amide bonds. The maximum Gasteiger partial charge on any atom is 0.269 e. The predicted molar refractivity (Wildman–Crippen MR) is 125 cm³/mol. The molecule has 10 heteroatoms. The monoisotopic (exact) mass is 445 g/mol. The number of imidazole rings is 1. The van der Waals surface area contributed by atoms with Crippen LogP contribution in [0.4, 0.5) is 17.2 Å². The zero-order valence-corrected chi connectivity index (χ0v) is 18.4. The van der Waals surface area contributed by atoms with Crippen molar-refractivity contribution in [3.8, 4) is 17.0 Å². The van der Waals surface area contributed by atoms with Crippen LogP contribution in [0.25, 0.3) is 16.9 Å². The molecule has 0 atom stereocenters. The third kappa shape index (κ3) is 3.93. The summed E-state index contributed by atoms with van der Waals surface area (Å²) < 4.78 is 7.13. The van der Waals surface area contributed by atoms with Crippen LogP contribution in [0.1, 0.15) is 33.5 Å². The van der Waals surface area contributed by atoms with Gasteiger partial charge in [-0.3, -0.25) is 14.6 Å². The molecular weight excluding hydrogens is 422 g/mol. The number of nitrogens with two attached hydrogens (primary N) is 1. The van der Waals surface area contributed by atoms with E-state index in [1.807, 2.05) is 25.1 Å². The van der Waals surface area contributed by atoms with Crippen molar-refractivity contribution in [1.29, 1.82) is 0 Å². The van der Waals surface area contributed by atoms with E-state index in [1.165, 1.54) is 10.7 Å². The van der Waals surface area contributed by atoms with Crippen molar-refractivity contribution in [2.45, 2.75) is 13.3 Å². The van der Waals surface area contributed by atoms with Crippen LogP contribution in [-0.2, 0) is 6.42 Å². The van der Waals surface area contributed by atoms with Gasteiger partial charge in [0.2, 0.25) is 0 Å². The van der Waals surface area contributed by atoms with Crippen LogP contribution in [0, 0.1) is 0 Å². The average molecular weight is 445 g/mol. The Morgan fingerprint density at radius 2 is 2.06 bits per heavy atom. The van der Waals surface area contributed by atoms with E-state index in [2.05, 4.69) is 25.7 Å². The number of primary amides is 1. The minimum absolute atomic E-state index is 0.243. The standard InChI is InChI=1S/C23H23N7O3/c1-4-15-20(22(24)32)30-23(28-15)18(25-2)10-19(29-30)27-17-7-5-6-14(21(17)33-3)16-9-8-13(12-31)11-26-16/h5-12,25H,4H2,1-3H3,(H2,24,32)(H,27,29). The molecule has 168 valence electrons. The van der Waals surface area contributed by atoms with Gasteiger partial charge < -0.3 is 21.1 Å². The number of ether oxygens (including phenoxy) is 1. The summed E-state index contributed by atoms with van der Waals surface area (Å²) >= 11 is 0. The number of nitrogens with one attached hydrogen (secondary N) is 2. The Morgan fingerprint density at radius 1 is 1.24 bits per heavy atom. The number of rotatable bonds is 8. The number of carbonyl (C=O) groups is 2. The lowest BCUT2D eigenvalue weighted by atomic mass is 10.1. The Labute approximate surface area is 189 Å². The number of aromatic nitrogens is 4. The first-order chi connectivity index (χ1) is 16.0. The molecule has 33 heavy (non-hydrogen) atoms. The van der Waals surface area contributed by atoms with Crippen LogP contribution in [0.15, 0.2) is 42.6 Å². The largest absolute Gasteiger partial charge is 0.494 e. The Kier molecular flexibility index (Phi) is 5.90. The van der Waals surface area contributed by atoms with Crippen molar-refractivity contribution in [1.82, 2.24) is 19.6 Å². The molecular formula is C23H23N7O3. The van der Waals surface area contributed by atoms with Gasteiger partial charge in [-0.25, -0.2) is 9.50 Å². The van der Waals surface area contributed by atoms with Crippen molar-refractivity contribution < 1.29 is 14.3 Å². The number of fused-ring (bicyclic) bond motifs is 1. The second-order valence-corrected chi connectivity index (χ2v) is 7.16. The molecule has 0 spiro atoms. The highest BCUT2D eigenvalue weighted by molar-refractivity contribution is 5.94. The van der Waals surface area contributed by atoms with Gasteiger partial charge in [-0.15, -0.1) is 5.10 Å². The van der Waals surface area contributed by atoms with Crippen molar-refractivity contribution in [3.63, 3.8) is 0 Å². The molecule has 0 aliphatic rings. The first kappa shape index (κ1) is 21.8. The van der Waals surface area contributed by atoms with Gasteiger partial charge in [0.1, 0.15) is 0 Å². The van der Waals surface area contributed by atoms with Crippen LogP contribution in [0.5, 0.6) is 5.75 Å². The SMILES string of the molecule is CCc1nc2c(NC)cc(Nc3cccc(-c4ccc(C=O)cn4)c3OC)nn2c1C(N)=O. The highest BCUT2D eigenvalue weighted by Gasteiger charge is 2.20. The summed E-state index contributed by atoms with van der Waals surface area (Å²) in [6, 6.07) is 10.8. The summed E-state index contributed by atoms with van der Waals surface area (Å²) in [5.41, 5.74) is 10.1. The number of methoxy groups -OCH3 is 1. The number of anilines is 3. The average Bonchev–Trinajstić information content (AvgIpc) is 3.22. The van der Waals surface area contributed by atoms with Crippen molar-refractivity contribution in [2.24, 2.45) is 5.73 Å². The summed E-state index contributed by atoms with van der Waals surface area (Å²) in [5, 5.41) is 10.9. The molecule has 0 aliphatic carbocycles. The van der Waals surface area contributed by atoms with E-state index in [1.54, 1.807) is 32.4 Å². The number of carbonyl (C=O) groups excluding carboxylic acids is 2. The summed E-state index contributed by atoms with van der Waals surface area (Å²) in [6.45, 7) is 1.90. The molecule has 0 bridgehead atoms. The number of amides is 1. The number of aldehydes is 1. The van der Waals surface area contributed by atoms with E-state index < -0.39 is 5.91 Å². The maximum absolute atomic E-state index is 12.1. The molecule has 0 radical (unpaired) electrons. The maximum atomic E-state index is 12.1. The Bertz CT molecular complexity index is 1350. The number of pyridine rings is 1. The van der Waals surface area contributed by atoms with Crippen molar-refractivity contribution in [2.75, 3.05) is 24.8 Å². The van der Waals surface area contributed by atoms with Crippen LogP contribution in [0.3, 0.4) is 0 Å². The third-order valence-corrected chi connectivity index (χ3v) is 5.17. The predicted octanol–water partition coefficient (Wildman–Crippen LogP) is 3.06. The van der Waals surface area contributed by atoms with Crippen LogP contribution >= 0.6 is 0 Å². The minimum Gasteiger partial charge on any atom is -0.494 e. The molecule has 0 saturated heterocycles. The fourth-order valence-electron chi connectivity index (χ4n) is 3.63. The van der Waals surface area contributed by atoms with Gasteiger partial charge in [0.05, 0.1) is 29.9 Å². The molecule has 1 aromatic carbocycles. The van der Waals surface area contributed by atoms with Crippen molar-refractivity contribution in [3.05, 3.63) is 59.5 Å². The van der Waals surface area contributed by atoms with Gasteiger partial charge in [0.25, 0.3) is 5.91 Å². The Hall–Kier alpha value is -4.47. The van der Waals surface area contributed by atoms with Gasteiger partial charge in [0.15, 0.2) is 29.2 Å². The summed E-state index contributed by atoms with van der Waals surface area (Å²) in [6.07, 6.45) is 2.79. The molecule has 0 fully saturated rings. The lowest BCUT2D eigenvalue weighted by Crippen LogP contribution is -2.17. The molecule has 3 aromatic heterocycles.